The molecule has 0 N–H and O–H groups in total. The highest BCUT2D eigenvalue weighted by atomic mass is 16.5. The third-order valence-electron chi connectivity index (χ3n) is 11.9. The highest BCUT2D eigenvalue weighted by molar-refractivity contribution is 6.12. The molecule has 12 rings (SSSR count). The smallest absolute Gasteiger partial charge is 0.160 e. The number of fused-ring (bicyclic) bond motifs is 13. The van der Waals surface area contributed by atoms with E-state index in [9.17, 15) is 0 Å². The fourth-order valence-electron chi connectivity index (χ4n) is 9.50. The number of aromatic nitrogens is 3. The Balaban J connectivity index is 1.13. The van der Waals surface area contributed by atoms with Crippen molar-refractivity contribution in [1.29, 1.82) is 0 Å². The number of para-hydroxylation sites is 2. The van der Waals surface area contributed by atoms with E-state index in [1.165, 1.54) is 27.6 Å². The van der Waals surface area contributed by atoms with Gasteiger partial charge in [-0.1, -0.05) is 170 Å². The molecule has 4 heteroatoms. The molecule has 57 heavy (non-hydrogen) atoms. The van der Waals surface area contributed by atoms with Crippen LogP contribution in [0.3, 0.4) is 0 Å². The third-order valence-corrected chi connectivity index (χ3v) is 11.9. The van der Waals surface area contributed by atoms with Crippen LogP contribution in [0.2, 0.25) is 0 Å². The first kappa shape index (κ1) is 31.8. The summed E-state index contributed by atoms with van der Waals surface area (Å²) in [6.07, 6.45) is 0. The largest absolute Gasteiger partial charge is 0.454 e. The first-order valence-corrected chi connectivity index (χ1v) is 19.4. The predicted molar refractivity (Wildman–Crippen MR) is 230 cm³/mol. The van der Waals surface area contributed by atoms with E-state index in [1.807, 2.05) is 24.3 Å². The molecule has 3 heterocycles. The van der Waals surface area contributed by atoms with E-state index in [-0.39, 0.29) is 0 Å². The Kier molecular flexibility index (Phi) is 6.81. The van der Waals surface area contributed by atoms with Crippen molar-refractivity contribution < 1.29 is 4.74 Å². The van der Waals surface area contributed by atoms with Crippen LogP contribution in [0.4, 0.5) is 0 Å². The summed E-state index contributed by atoms with van der Waals surface area (Å²) in [4.78, 5) is 10.2. The number of nitrogens with zero attached hydrogens (tertiary/aromatic N) is 3. The summed E-state index contributed by atoms with van der Waals surface area (Å²) >= 11 is 0. The predicted octanol–water partition coefficient (Wildman–Crippen LogP) is 13.0. The highest BCUT2D eigenvalue weighted by Gasteiger charge is 2.51. The number of hydrogen-bond donors (Lipinski definition) is 0. The Morgan fingerprint density at radius 3 is 1.77 bits per heavy atom. The van der Waals surface area contributed by atoms with Crippen LogP contribution in [0.5, 0.6) is 11.5 Å². The summed E-state index contributed by atoms with van der Waals surface area (Å²) in [5.74, 6) is 2.44. The van der Waals surface area contributed by atoms with Gasteiger partial charge < -0.3 is 9.30 Å². The van der Waals surface area contributed by atoms with Crippen LogP contribution >= 0.6 is 0 Å². The second kappa shape index (κ2) is 12.2. The Labute approximate surface area is 330 Å². The molecule has 0 amide bonds. The van der Waals surface area contributed by atoms with Crippen molar-refractivity contribution in [1.82, 2.24) is 14.5 Å². The molecule has 2 aliphatic rings. The van der Waals surface area contributed by atoms with Gasteiger partial charge in [-0.2, -0.15) is 0 Å². The second-order valence-electron chi connectivity index (χ2n) is 14.9. The van der Waals surface area contributed by atoms with Crippen LogP contribution in [-0.4, -0.2) is 14.5 Å². The molecule has 4 nitrogen and oxygen atoms in total. The Bertz CT molecular complexity index is 3120. The van der Waals surface area contributed by atoms with Gasteiger partial charge in [-0.3, -0.25) is 0 Å². The molecule has 266 valence electrons. The van der Waals surface area contributed by atoms with Crippen molar-refractivity contribution in [3.05, 3.63) is 222 Å². The van der Waals surface area contributed by atoms with Crippen LogP contribution < -0.4 is 4.74 Å². The molecule has 1 aliphatic carbocycles. The van der Waals surface area contributed by atoms with Gasteiger partial charge >= 0.3 is 0 Å². The van der Waals surface area contributed by atoms with Crippen LogP contribution in [0.1, 0.15) is 22.3 Å². The molecular formula is C53H33N3O. The lowest BCUT2D eigenvalue weighted by atomic mass is 9.66. The normalized spacial score (nSPS) is 13.2. The fraction of sp³-hybridized carbons (Fsp3) is 0.0189. The SMILES string of the molecule is c1ccc(-c2cc(-c3cccc(-n4c5ccccc5c5ccc6c(c54)Oc4ccccc4C64c5ccccc5-c5ccccc54)c3)nc(-c3ccccc3)n2)cc1. The zero-order valence-electron chi connectivity index (χ0n) is 30.8. The number of hydrogen-bond acceptors (Lipinski definition) is 3. The van der Waals surface area contributed by atoms with Gasteiger partial charge in [0.1, 0.15) is 5.75 Å². The van der Waals surface area contributed by atoms with Crippen LogP contribution in [0.25, 0.3) is 72.5 Å². The van der Waals surface area contributed by atoms with Crippen molar-refractivity contribution in [2.45, 2.75) is 5.41 Å². The van der Waals surface area contributed by atoms with Crippen molar-refractivity contribution in [3.8, 4) is 62.2 Å². The molecule has 0 saturated heterocycles. The summed E-state index contributed by atoms with van der Waals surface area (Å²) in [5, 5.41) is 2.31. The zero-order valence-corrected chi connectivity index (χ0v) is 30.8. The van der Waals surface area contributed by atoms with E-state index in [0.29, 0.717) is 5.82 Å². The third kappa shape index (κ3) is 4.56. The molecule has 0 bridgehead atoms. The molecular weight excluding hydrogens is 695 g/mol. The maximum atomic E-state index is 7.20. The lowest BCUT2D eigenvalue weighted by molar-refractivity contribution is 0.440. The number of benzene rings is 8. The van der Waals surface area contributed by atoms with Crippen molar-refractivity contribution in [2.24, 2.45) is 0 Å². The lowest BCUT2D eigenvalue weighted by Gasteiger charge is -2.39. The van der Waals surface area contributed by atoms with Crippen molar-refractivity contribution in [3.63, 3.8) is 0 Å². The second-order valence-corrected chi connectivity index (χ2v) is 14.9. The summed E-state index contributed by atoms with van der Waals surface area (Å²) in [5.41, 5.74) is 14.8. The monoisotopic (exact) mass is 727 g/mol. The summed E-state index contributed by atoms with van der Waals surface area (Å²) < 4.78 is 9.59. The molecule has 0 saturated carbocycles. The molecule has 0 unspecified atom stereocenters. The molecule has 2 aromatic heterocycles. The van der Waals surface area contributed by atoms with Gasteiger partial charge in [-0.15, -0.1) is 0 Å². The van der Waals surface area contributed by atoms with Crippen LogP contribution in [-0.2, 0) is 5.41 Å². The Hall–Kier alpha value is -7.56. The van der Waals surface area contributed by atoms with Gasteiger partial charge in [-0.05, 0) is 52.6 Å². The van der Waals surface area contributed by atoms with Crippen LogP contribution in [0.15, 0.2) is 200 Å². The van der Waals surface area contributed by atoms with Gasteiger partial charge in [0, 0.05) is 44.3 Å². The average Bonchev–Trinajstić information content (AvgIpc) is 3.78. The topological polar surface area (TPSA) is 39.9 Å². The highest BCUT2D eigenvalue weighted by Crippen LogP contribution is 2.63. The van der Waals surface area contributed by atoms with Crippen molar-refractivity contribution in [2.75, 3.05) is 0 Å². The van der Waals surface area contributed by atoms with Gasteiger partial charge in [-0.25, -0.2) is 9.97 Å². The van der Waals surface area contributed by atoms with Gasteiger partial charge in [0.2, 0.25) is 0 Å². The molecule has 1 spiro atoms. The van der Waals surface area contributed by atoms with E-state index in [4.69, 9.17) is 14.7 Å². The minimum absolute atomic E-state index is 0.558. The molecule has 10 aromatic rings. The quantitative estimate of drug-likeness (QED) is 0.181. The summed E-state index contributed by atoms with van der Waals surface area (Å²) in [6, 6.07) is 71.1. The van der Waals surface area contributed by atoms with Crippen molar-refractivity contribution >= 4 is 21.8 Å². The fourth-order valence-corrected chi connectivity index (χ4v) is 9.50. The standard InChI is InChI=1S/C53H33N3O/c1-3-16-34(17-4-1)46-33-47(55-52(54-46)35-18-5-2-6-19-35)36-20-15-21-37(32-36)56-48-28-13-9-24-40(48)41-30-31-45-51(50(41)56)57-49-29-14-12-27-44(49)53(45)42-25-10-7-22-38(42)39-23-8-11-26-43(39)53/h1-33H. The zero-order chi connectivity index (χ0) is 37.5. The lowest BCUT2D eigenvalue weighted by Crippen LogP contribution is -2.32. The summed E-state index contributed by atoms with van der Waals surface area (Å²) in [6.45, 7) is 0. The average molecular weight is 728 g/mol. The van der Waals surface area contributed by atoms with E-state index in [1.54, 1.807) is 0 Å². The van der Waals surface area contributed by atoms with Gasteiger partial charge in [0.15, 0.2) is 11.6 Å². The van der Waals surface area contributed by atoms with Gasteiger partial charge in [0.05, 0.1) is 27.8 Å². The van der Waals surface area contributed by atoms with E-state index in [0.717, 1.165) is 72.8 Å². The number of ether oxygens (including phenoxy) is 1. The molecule has 1 aliphatic heterocycles. The molecule has 0 radical (unpaired) electrons. The van der Waals surface area contributed by atoms with E-state index < -0.39 is 5.41 Å². The van der Waals surface area contributed by atoms with Gasteiger partial charge in [0.25, 0.3) is 0 Å². The van der Waals surface area contributed by atoms with E-state index in [2.05, 4.69) is 180 Å². The molecule has 0 atom stereocenters. The minimum atomic E-state index is -0.558. The summed E-state index contributed by atoms with van der Waals surface area (Å²) in [7, 11) is 0. The maximum Gasteiger partial charge on any atom is 0.160 e. The maximum absolute atomic E-state index is 7.20. The first-order chi connectivity index (χ1) is 28.3. The first-order valence-electron chi connectivity index (χ1n) is 19.4. The molecule has 8 aromatic carbocycles. The minimum Gasteiger partial charge on any atom is -0.454 e. The Morgan fingerprint density at radius 1 is 0.421 bits per heavy atom. The molecule has 0 fully saturated rings. The van der Waals surface area contributed by atoms with E-state index >= 15 is 0 Å². The number of rotatable bonds is 4. The van der Waals surface area contributed by atoms with Crippen LogP contribution in [0, 0.1) is 0 Å². The Morgan fingerprint density at radius 2 is 1.02 bits per heavy atom.